The van der Waals surface area contributed by atoms with Gasteiger partial charge in [0.25, 0.3) is 0 Å². The van der Waals surface area contributed by atoms with Crippen molar-refractivity contribution in [3.63, 3.8) is 0 Å². The van der Waals surface area contributed by atoms with Crippen molar-refractivity contribution in [2.24, 2.45) is 0 Å². The highest BCUT2D eigenvalue weighted by molar-refractivity contribution is 5.91. The molecule has 3 nitrogen and oxygen atoms in total. The summed E-state index contributed by atoms with van der Waals surface area (Å²) in [5.74, 6) is -0.639. The van der Waals surface area contributed by atoms with E-state index in [0.29, 0.717) is 0 Å². The van der Waals surface area contributed by atoms with E-state index in [9.17, 15) is 4.79 Å². The molecular weight excluding hydrogens is 166 g/mol. The Morgan fingerprint density at radius 2 is 2.00 bits per heavy atom. The number of rotatable bonds is 3. The van der Waals surface area contributed by atoms with Crippen molar-refractivity contribution in [3.8, 4) is 6.07 Å². The third-order valence-corrected chi connectivity index (χ3v) is 0.823. The molecule has 0 aromatic heterocycles. The van der Waals surface area contributed by atoms with Crippen LogP contribution >= 0.6 is 0 Å². The number of ether oxygens (including phenoxy) is 1. The smallest absolute Gasteiger partial charge is 0.348 e. The lowest BCUT2D eigenvalue weighted by Crippen LogP contribution is -2.04. The van der Waals surface area contributed by atoms with Gasteiger partial charge in [-0.25, -0.2) is 4.79 Å². The molecule has 0 rings (SSSR count). The predicted molar refractivity (Wildman–Crippen MR) is 51.8 cm³/mol. The first-order valence-corrected chi connectivity index (χ1v) is 3.63. The Morgan fingerprint density at radius 3 is 2.23 bits per heavy atom. The standard InChI is InChI=1S/C6H7NO2.C4H6/c1-3-9-6(8)5(2)4-7;1-3-4-2/h2-3H2,1H3;3-4H,1-2H2. The second-order valence-corrected chi connectivity index (χ2v) is 1.78. The highest BCUT2D eigenvalue weighted by Gasteiger charge is 2.03. The molecule has 0 heterocycles. The van der Waals surface area contributed by atoms with Gasteiger partial charge in [0.15, 0.2) is 0 Å². The van der Waals surface area contributed by atoms with Crippen LogP contribution in [0.2, 0.25) is 0 Å². The largest absolute Gasteiger partial charge is 0.462 e. The maximum atomic E-state index is 10.4. The van der Waals surface area contributed by atoms with E-state index >= 15 is 0 Å². The average molecular weight is 179 g/mol. The Balaban J connectivity index is 0. The lowest BCUT2D eigenvalue weighted by molar-refractivity contribution is -0.137. The summed E-state index contributed by atoms with van der Waals surface area (Å²) in [6.07, 6.45) is 3.28. The van der Waals surface area contributed by atoms with Gasteiger partial charge in [0.05, 0.1) is 6.61 Å². The molecule has 13 heavy (non-hydrogen) atoms. The molecule has 0 aliphatic heterocycles. The van der Waals surface area contributed by atoms with Crippen LogP contribution in [0.1, 0.15) is 6.92 Å². The fourth-order valence-corrected chi connectivity index (χ4v) is 0.264. The maximum Gasteiger partial charge on any atom is 0.348 e. The molecule has 0 aliphatic carbocycles. The van der Waals surface area contributed by atoms with E-state index in [4.69, 9.17) is 5.26 Å². The summed E-state index contributed by atoms with van der Waals surface area (Å²) >= 11 is 0. The summed E-state index contributed by atoms with van der Waals surface area (Å²) in [4.78, 5) is 10.4. The Hall–Kier alpha value is -1.82. The van der Waals surface area contributed by atoms with Gasteiger partial charge in [-0.05, 0) is 6.92 Å². The van der Waals surface area contributed by atoms with Crippen LogP contribution in [0.15, 0.2) is 37.5 Å². The van der Waals surface area contributed by atoms with E-state index in [1.54, 1.807) is 25.1 Å². The van der Waals surface area contributed by atoms with Gasteiger partial charge >= 0.3 is 5.97 Å². The number of nitrogens with zero attached hydrogens (tertiary/aromatic N) is 1. The van der Waals surface area contributed by atoms with E-state index in [1.807, 2.05) is 0 Å². The second-order valence-electron chi connectivity index (χ2n) is 1.78. The zero-order valence-corrected chi connectivity index (χ0v) is 7.75. The number of hydrogen-bond acceptors (Lipinski definition) is 3. The van der Waals surface area contributed by atoms with E-state index in [2.05, 4.69) is 24.5 Å². The SMILES string of the molecule is C=C(C#N)C(=O)OCC.C=CC=C. The molecule has 3 heteroatoms. The zero-order valence-electron chi connectivity index (χ0n) is 7.75. The predicted octanol–water partition coefficient (Wildman–Crippen LogP) is 1.99. The van der Waals surface area contributed by atoms with Gasteiger partial charge in [-0.1, -0.05) is 31.9 Å². The van der Waals surface area contributed by atoms with Gasteiger partial charge in [-0.2, -0.15) is 5.26 Å². The maximum absolute atomic E-state index is 10.4. The van der Waals surface area contributed by atoms with E-state index in [1.165, 1.54) is 0 Å². The van der Waals surface area contributed by atoms with Gasteiger partial charge in [0.1, 0.15) is 11.6 Å². The summed E-state index contributed by atoms with van der Waals surface area (Å²) in [6, 6.07) is 1.58. The van der Waals surface area contributed by atoms with Crippen molar-refractivity contribution < 1.29 is 9.53 Å². The van der Waals surface area contributed by atoms with Crippen LogP contribution in [0.25, 0.3) is 0 Å². The molecule has 0 atom stereocenters. The molecule has 0 saturated carbocycles. The number of hydrogen-bond donors (Lipinski definition) is 0. The molecular formula is C10H13NO2. The fraction of sp³-hybridized carbons (Fsp3) is 0.200. The second kappa shape index (κ2) is 10.2. The van der Waals surface area contributed by atoms with Gasteiger partial charge in [-0.15, -0.1) is 0 Å². The number of allylic oxidation sites excluding steroid dienone is 2. The van der Waals surface area contributed by atoms with Crippen LogP contribution in [0.4, 0.5) is 0 Å². The fourth-order valence-electron chi connectivity index (χ4n) is 0.264. The van der Waals surface area contributed by atoms with Crippen molar-refractivity contribution in [1.29, 1.82) is 5.26 Å². The normalized spacial score (nSPS) is 6.77. The third-order valence-electron chi connectivity index (χ3n) is 0.823. The van der Waals surface area contributed by atoms with Crippen molar-refractivity contribution in [2.45, 2.75) is 6.92 Å². The first-order chi connectivity index (χ1) is 6.13. The van der Waals surface area contributed by atoms with E-state index < -0.39 is 5.97 Å². The third kappa shape index (κ3) is 10.2. The summed E-state index contributed by atoms with van der Waals surface area (Å²) in [7, 11) is 0. The first-order valence-electron chi connectivity index (χ1n) is 3.63. The molecule has 0 saturated heterocycles. The number of carbonyl (C=O) groups is 1. The Morgan fingerprint density at radius 1 is 1.54 bits per heavy atom. The quantitative estimate of drug-likeness (QED) is 0.288. The lowest BCUT2D eigenvalue weighted by Gasteiger charge is -1.95. The Kier molecular flexibility index (Phi) is 10.8. The van der Waals surface area contributed by atoms with Gasteiger partial charge in [0, 0.05) is 0 Å². The highest BCUT2D eigenvalue weighted by atomic mass is 16.5. The summed E-state index contributed by atoms with van der Waals surface area (Å²) in [6.45, 7) is 11.8. The van der Waals surface area contributed by atoms with Crippen LogP contribution in [0.5, 0.6) is 0 Å². The van der Waals surface area contributed by atoms with Gasteiger partial charge in [-0.3, -0.25) is 0 Å². The van der Waals surface area contributed by atoms with Crippen LogP contribution in [0, 0.1) is 11.3 Å². The van der Waals surface area contributed by atoms with Crippen molar-refractivity contribution in [1.82, 2.24) is 0 Å². The summed E-state index contributed by atoms with van der Waals surface area (Å²) < 4.78 is 4.43. The molecule has 0 fully saturated rings. The Bertz CT molecular complexity index is 230. The molecule has 0 aromatic rings. The monoisotopic (exact) mass is 179 g/mol. The highest BCUT2D eigenvalue weighted by Crippen LogP contribution is 1.90. The van der Waals surface area contributed by atoms with Crippen molar-refractivity contribution in [2.75, 3.05) is 6.61 Å². The first kappa shape index (κ1) is 13.7. The number of carbonyl (C=O) groups excluding carboxylic acids is 1. The molecule has 0 aliphatic rings. The minimum Gasteiger partial charge on any atom is -0.462 e. The van der Waals surface area contributed by atoms with E-state index in [0.717, 1.165) is 0 Å². The topological polar surface area (TPSA) is 50.1 Å². The molecule has 0 radical (unpaired) electrons. The summed E-state index contributed by atoms with van der Waals surface area (Å²) in [5, 5.41) is 8.08. The van der Waals surface area contributed by atoms with Crippen molar-refractivity contribution in [3.05, 3.63) is 37.5 Å². The minimum atomic E-state index is -0.639. The summed E-state index contributed by atoms with van der Waals surface area (Å²) in [5.41, 5.74) is -0.156. The number of esters is 1. The molecule has 0 aromatic carbocycles. The lowest BCUT2D eigenvalue weighted by atomic mass is 10.3. The van der Waals surface area contributed by atoms with Crippen LogP contribution < -0.4 is 0 Å². The molecule has 0 unspecified atom stereocenters. The van der Waals surface area contributed by atoms with Gasteiger partial charge in [0.2, 0.25) is 0 Å². The molecule has 0 N–H and O–H groups in total. The Labute approximate surface area is 78.6 Å². The number of nitriles is 1. The van der Waals surface area contributed by atoms with Crippen molar-refractivity contribution >= 4 is 5.97 Å². The average Bonchev–Trinajstić information content (AvgIpc) is 2.17. The zero-order chi connectivity index (χ0) is 10.7. The molecule has 0 spiro atoms. The minimum absolute atomic E-state index is 0.156. The van der Waals surface area contributed by atoms with Crippen LogP contribution in [-0.2, 0) is 9.53 Å². The van der Waals surface area contributed by atoms with Crippen LogP contribution in [-0.4, -0.2) is 12.6 Å². The van der Waals surface area contributed by atoms with Gasteiger partial charge < -0.3 is 4.74 Å². The van der Waals surface area contributed by atoms with Crippen LogP contribution in [0.3, 0.4) is 0 Å². The van der Waals surface area contributed by atoms with E-state index in [-0.39, 0.29) is 12.2 Å². The molecule has 0 bridgehead atoms. The molecule has 0 amide bonds. The molecule has 70 valence electrons.